The molecule has 0 radical (unpaired) electrons. The van der Waals surface area contributed by atoms with Crippen LogP contribution in [0.3, 0.4) is 0 Å². The van der Waals surface area contributed by atoms with E-state index in [4.69, 9.17) is 4.42 Å². The van der Waals surface area contributed by atoms with Crippen LogP contribution in [0.4, 0.5) is 0 Å². The molecule has 0 fully saturated rings. The molecule has 2 rings (SSSR count). The Morgan fingerprint density at radius 1 is 1.32 bits per heavy atom. The minimum atomic E-state index is -0.0251. The number of aromatic nitrogens is 2. The van der Waals surface area contributed by atoms with E-state index in [1.807, 2.05) is 23.9 Å². The number of nitrogens with zero attached hydrogens (tertiary/aromatic N) is 2. The van der Waals surface area contributed by atoms with Crippen LogP contribution in [0, 0.1) is 6.92 Å². The van der Waals surface area contributed by atoms with Gasteiger partial charge in [0.2, 0.25) is 5.78 Å². The molecule has 0 spiro atoms. The Labute approximate surface area is 113 Å². The van der Waals surface area contributed by atoms with Gasteiger partial charge in [0.05, 0.1) is 18.2 Å². The second kappa shape index (κ2) is 5.87. The Bertz CT molecular complexity index is 550. The zero-order valence-corrected chi connectivity index (χ0v) is 11.7. The van der Waals surface area contributed by atoms with E-state index in [9.17, 15) is 4.79 Å². The summed E-state index contributed by atoms with van der Waals surface area (Å²) in [5, 5.41) is 4.48. The standard InChI is InChI=1S/C15H20N2O2/c1-4-13(5-2)17-9-8-12(16-17)10-14(18)15-7-6-11(3)19-15/h6-9,13H,4-5,10H2,1-3H3. The molecule has 4 heteroatoms. The lowest BCUT2D eigenvalue weighted by Crippen LogP contribution is -2.09. The maximum absolute atomic E-state index is 12.0. The first-order valence-corrected chi connectivity index (χ1v) is 6.77. The van der Waals surface area contributed by atoms with E-state index >= 15 is 0 Å². The van der Waals surface area contributed by atoms with Crippen LogP contribution in [0.25, 0.3) is 0 Å². The van der Waals surface area contributed by atoms with Crippen molar-refractivity contribution in [3.8, 4) is 0 Å². The highest BCUT2D eigenvalue weighted by molar-refractivity contribution is 5.94. The van der Waals surface area contributed by atoms with Gasteiger partial charge in [-0.2, -0.15) is 5.10 Å². The van der Waals surface area contributed by atoms with Crippen molar-refractivity contribution in [3.05, 3.63) is 41.6 Å². The fraction of sp³-hybridized carbons (Fsp3) is 0.467. The molecule has 0 saturated heterocycles. The first-order chi connectivity index (χ1) is 9.13. The lowest BCUT2D eigenvalue weighted by atomic mass is 10.2. The summed E-state index contributed by atoms with van der Waals surface area (Å²) in [5.74, 6) is 1.14. The first-order valence-electron chi connectivity index (χ1n) is 6.77. The summed E-state index contributed by atoms with van der Waals surface area (Å²) in [5.41, 5.74) is 0.797. The van der Waals surface area contributed by atoms with Gasteiger partial charge in [0.1, 0.15) is 5.76 Å². The van der Waals surface area contributed by atoms with Crippen LogP contribution in [0.15, 0.2) is 28.8 Å². The highest BCUT2D eigenvalue weighted by atomic mass is 16.3. The average Bonchev–Trinajstić information content (AvgIpc) is 3.00. The van der Waals surface area contributed by atoms with Crippen molar-refractivity contribution in [2.24, 2.45) is 0 Å². The summed E-state index contributed by atoms with van der Waals surface area (Å²) in [7, 11) is 0. The number of Topliss-reactive ketones (excluding diaryl/α,β-unsaturated/α-hetero) is 1. The normalized spacial score (nSPS) is 11.2. The molecule has 0 unspecified atom stereocenters. The molecule has 2 aromatic rings. The lowest BCUT2D eigenvalue weighted by molar-refractivity contribution is 0.0964. The predicted molar refractivity (Wildman–Crippen MR) is 73.3 cm³/mol. The third-order valence-corrected chi connectivity index (χ3v) is 3.34. The number of ketones is 1. The molecule has 0 aliphatic carbocycles. The van der Waals surface area contributed by atoms with Gasteiger partial charge >= 0.3 is 0 Å². The van der Waals surface area contributed by atoms with Crippen LogP contribution in [0.5, 0.6) is 0 Å². The van der Waals surface area contributed by atoms with E-state index in [1.54, 1.807) is 12.1 Å². The molecule has 102 valence electrons. The van der Waals surface area contributed by atoms with Crippen molar-refractivity contribution >= 4 is 5.78 Å². The van der Waals surface area contributed by atoms with Gasteiger partial charge in [-0.05, 0) is 38.0 Å². The summed E-state index contributed by atoms with van der Waals surface area (Å²) in [4.78, 5) is 12.0. The van der Waals surface area contributed by atoms with Crippen molar-refractivity contribution in [2.75, 3.05) is 0 Å². The van der Waals surface area contributed by atoms with Gasteiger partial charge in [-0.15, -0.1) is 0 Å². The Hall–Kier alpha value is -1.84. The average molecular weight is 260 g/mol. The molecular weight excluding hydrogens is 240 g/mol. The van der Waals surface area contributed by atoms with Crippen molar-refractivity contribution in [1.82, 2.24) is 9.78 Å². The van der Waals surface area contributed by atoms with Gasteiger partial charge in [-0.3, -0.25) is 9.48 Å². The largest absolute Gasteiger partial charge is 0.458 e. The molecule has 0 aromatic carbocycles. The van der Waals surface area contributed by atoms with Crippen LogP contribution in [0.1, 0.15) is 54.7 Å². The smallest absolute Gasteiger partial charge is 0.203 e. The maximum Gasteiger partial charge on any atom is 0.203 e. The zero-order chi connectivity index (χ0) is 13.8. The van der Waals surface area contributed by atoms with Crippen LogP contribution < -0.4 is 0 Å². The third-order valence-electron chi connectivity index (χ3n) is 3.34. The number of carbonyl (C=O) groups is 1. The summed E-state index contributed by atoms with van der Waals surface area (Å²) in [6.45, 7) is 6.12. The van der Waals surface area contributed by atoms with Crippen molar-refractivity contribution in [3.63, 3.8) is 0 Å². The molecule has 0 N–H and O–H groups in total. The number of hydrogen-bond acceptors (Lipinski definition) is 3. The molecule has 0 atom stereocenters. The van der Waals surface area contributed by atoms with Crippen LogP contribution in [-0.2, 0) is 6.42 Å². The van der Waals surface area contributed by atoms with Crippen molar-refractivity contribution < 1.29 is 9.21 Å². The summed E-state index contributed by atoms with van der Waals surface area (Å²) < 4.78 is 7.28. The van der Waals surface area contributed by atoms with Crippen molar-refractivity contribution in [1.29, 1.82) is 0 Å². The molecule has 2 aromatic heterocycles. The highest BCUT2D eigenvalue weighted by Gasteiger charge is 2.14. The fourth-order valence-electron chi connectivity index (χ4n) is 2.17. The number of furan rings is 1. The summed E-state index contributed by atoms with van der Waals surface area (Å²) in [6, 6.07) is 5.84. The molecule has 4 nitrogen and oxygen atoms in total. The molecule has 0 aliphatic heterocycles. The first kappa shape index (κ1) is 13.6. The minimum absolute atomic E-state index is 0.0251. The van der Waals surface area contributed by atoms with E-state index in [1.165, 1.54) is 0 Å². The van der Waals surface area contributed by atoms with Crippen molar-refractivity contribution in [2.45, 2.75) is 46.1 Å². The second-order valence-corrected chi connectivity index (χ2v) is 4.77. The second-order valence-electron chi connectivity index (χ2n) is 4.77. The quantitative estimate of drug-likeness (QED) is 0.746. The van der Waals surface area contributed by atoms with Crippen LogP contribution >= 0.6 is 0 Å². The van der Waals surface area contributed by atoms with Gasteiger partial charge in [0.25, 0.3) is 0 Å². The van der Waals surface area contributed by atoms with E-state index < -0.39 is 0 Å². The van der Waals surface area contributed by atoms with Gasteiger partial charge < -0.3 is 4.42 Å². The topological polar surface area (TPSA) is 48.0 Å². The summed E-state index contributed by atoms with van der Waals surface area (Å²) in [6.07, 6.45) is 4.33. The number of carbonyl (C=O) groups excluding carboxylic acids is 1. The van der Waals surface area contributed by atoms with Gasteiger partial charge in [-0.25, -0.2) is 0 Å². The summed E-state index contributed by atoms with van der Waals surface area (Å²) >= 11 is 0. The number of rotatable bonds is 6. The van der Waals surface area contributed by atoms with E-state index in [-0.39, 0.29) is 5.78 Å². The molecule has 0 amide bonds. The zero-order valence-electron chi connectivity index (χ0n) is 11.7. The van der Waals surface area contributed by atoms with E-state index in [2.05, 4.69) is 18.9 Å². The van der Waals surface area contributed by atoms with Gasteiger partial charge in [-0.1, -0.05) is 13.8 Å². The molecular formula is C15H20N2O2. The van der Waals surface area contributed by atoms with E-state index in [0.717, 1.165) is 24.3 Å². The van der Waals surface area contributed by atoms with Gasteiger partial charge in [0.15, 0.2) is 5.76 Å². The molecule has 0 saturated carbocycles. The monoisotopic (exact) mass is 260 g/mol. The van der Waals surface area contributed by atoms with Gasteiger partial charge in [0, 0.05) is 6.20 Å². The molecule has 19 heavy (non-hydrogen) atoms. The Balaban J connectivity index is 2.06. The fourth-order valence-corrected chi connectivity index (χ4v) is 2.17. The number of aryl methyl sites for hydroxylation is 1. The minimum Gasteiger partial charge on any atom is -0.458 e. The Morgan fingerprint density at radius 2 is 2.05 bits per heavy atom. The number of hydrogen-bond donors (Lipinski definition) is 0. The SMILES string of the molecule is CCC(CC)n1ccc(CC(=O)c2ccc(C)o2)n1. The Morgan fingerprint density at radius 3 is 2.63 bits per heavy atom. The van der Waals surface area contributed by atoms with Crippen LogP contribution in [0.2, 0.25) is 0 Å². The molecule has 0 bridgehead atoms. The lowest BCUT2D eigenvalue weighted by Gasteiger charge is -2.12. The third kappa shape index (κ3) is 3.13. The predicted octanol–water partition coefficient (Wildman–Crippen LogP) is 3.57. The van der Waals surface area contributed by atoms with E-state index in [0.29, 0.717) is 18.2 Å². The molecule has 0 aliphatic rings. The Kier molecular flexibility index (Phi) is 4.20. The highest BCUT2D eigenvalue weighted by Crippen LogP contribution is 2.15. The molecule has 2 heterocycles. The maximum atomic E-state index is 12.0. The van der Waals surface area contributed by atoms with Crippen LogP contribution in [-0.4, -0.2) is 15.6 Å².